The fourth-order valence-corrected chi connectivity index (χ4v) is 4.41. The number of hydrogen-bond acceptors (Lipinski definition) is 4. The van der Waals surface area contributed by atoms with Gasteiger partial charge in [-0.05, 0) is 31.0 Å². The summed E-state index contributed by atoms with van der Waals surface area (Å²) in [5, 5.41) is 0.284. The third kappa shape index (κ3) is 4.68. The second-order valence-corrected chi connectivity index (χ2v) is 8.76. The molecule has 188 valence electrons. The molecule has 0 unspecified atom stereocenters. The second-order valence-electron chi connectivity index (χ2n) is 8.76. The molecular weight excluding hydrogens is 491 g/mol. The Labute approximate surface area is 208 Å². The number of fused-ring (bicyclic) bond motifs is 1. The topological polar surface area (TPSA) is 63.3 Å². The van der Waals surface area contributed by atoms with Crippen molar-refractivity contribution >= 4 is 22.5 Å². The molecule has 0 amide bonds. The van der Waals surface area contributed by atoms with Gasteiger partial charge in [-0.2, -0.15) is 22.1 Å². The fraction of sp³-hybridized carbons (Fsp3) is 0.231. The van der Waals surface area contributed by atoms with Crippen molar-refractivity contribution in [2.75, 3.05) is 18.0 Å². The summed E-state index contributed by atoms with van der Waals surface area (Å²) in [6.07, 6.45) is -0.739. The van der Waals surface area contributed by atoms with E-state index in [4.69, 9.17) is 12.3 Å². The van der Waals surface area contributed by atoms with Gasteiger partial charge in [0.15, 0.2) is 18.2 Å². The van der Waals surface area contributed by atoms with E-state index >= 15 is 0 Å². The third-order valence-electron chi connectivity index (χ3n) is 6.34. The zero-order valence-corrected chi connectivity index (χ0v) is 19.3. The maximum absolute atomic E-state index is 14.7. The standard InChI is InChI=1S/C26H20F5N6/c1-33-22-6-5-15(13-20(22)28)23-17-14-37(24-18(26(29,30)31)3-2-4-19(24)27)12-9-21(17)34-25(35-23)36-10-7-16(32)8-11-36/h2-6,9,12-14,16H,7-8,10-11,32H2/q+1. The summed E-state index contributed by atoms with van der Waals surface area (Å²) in [7, 11) is 0. The highest BCUT2D eigenvalue weighted by Crippen LogP contribution is 2.35. The Bertz CT molecular complexity index is 1540. The van der Waals surface area contributed by atoms with Crippen molar-refractivity contribution in [1.29, 1.82) is 0 Å². The Morgan fingerprint density at radius 3 is 2.46 bits per heavy atom. The summed E-state index contributed by atoms with van der Waals surface area (Å²) < 4.78 is 71.4. The minimum atomic E-state index is -4.80. The molecule has 37 heavy (non-hydrogen) atoms. The third-order valence-corrected chi connectivity index (χ3v) is 6.34. The first-order chi connectivity index (χ1) is 17.7. The smallest absolute Gasteiger partial charge is 0.341 e. The van der Waals surface area contributed by atoms with Crippen molar-refractivity contribution in [3.05, 3.63) is 83.5 Å². The summed E-state index contributed by atoms with van der Waals surface area (Å²) in [4.78, 5) is 14.3. The molecule has 0 aliphatic carbocycles. The van der Waals surface area contributed by atoms with Gasteiger partial charge in [0, 0.05) is 30.8 Å². The summed E-state index contributed by atoms with van der Waals surface area (Å²) in [6.45, 7) is 8.31. The Hall–Kier alpha value is -4.17. The first kappa shape index (κ1) is 24.5. The number of para-hydroxylation sites is 1. The molecule has 1 saturated heterocycles. The largest absolute Gasteiger partial charge is 0.422 e. The normalized spacial score (nSPS) is 14.7. The van der Waals surface area contributed by atoms with Crippen LogP contribution in [0.5, 0.6) is 0 Å². The van der Waals surface area contributed by atoms with Crippen LogP contribution in [0.15, 0.2) is 54.9 Å². The average molecular weight is 511 g/mol. The highest BCUT2D eigenvalue weighted by Gasteiger charge is 2.39. The van der Waals surface area contributed by atoms with E-state index in [1.807, 2.05) is 4.90 Å². The van der Waals surface area contributed by atoms with Crippen LogP contribution in [0.4, 0.5) is 33.6 Å². The van der Waals surface area contributed by atoms with Crippen LogP contribution in [-0.2, 0) is 6.18 Å². The van der Waals surface area contributed by atoms with Crippen molar-refractivity contribution in [2.24, 2.45) is 5.73 Å². The molecule has 6 nitrogen and oxygen atoms in total. The summed E-state index contributed by atoms with van der Waals surface area (Å²) >= 11 is 0. The molecule has 0 radical (unpaired) electrons. The van der Waals surface area contributed by atoms with Crippen molar-refractivity contribution in [3.8, 4) is 16.9 Å². The minimum Gasteiger partial charge on any atom is -0.341 e. The van der Waals surface area contributed by atoms with Crippen LogP contribution in [0.2, 0.25) is 0 Å². The molecular formula is C26H20F5N6+. The van der Waals surface area contributed by atoms with Crippen molar-refractivity contribution in [2.45, 2.75) is 25.1 Å². The van der Waals surface area contributed by atoms with Crippen LogP contribution in [0.25, 0.3) is 32.7 Å². The van der Waals surface area contributed by atoms with Gasteiger partial charge in [0.25, 0.3) is 5.69 Å². The van der Waals surface area contributed by atoms with E-state index in [0.29, 0.717) is 30.1 Å². The summed E-state index contributed by atoms with van der Waals surface area (Å²) in [6, 6.07) is 8.24. The zero-order valence-electron chi connectivity index (χ0n) is 19.3. The van der Waals surface area contributed by atoms with E-state index in [2.05, 4.69) is 14.8 Å². The number of piperidine rings is 1. The molecule has 1 aliphatic heterocycles. The lowest BCUT2D eigenvalue weighted by atomic mass is 10.1. The number of nitrogens with zero attached hydrogens (tertiary/aromatic N) is 5. The number of benzene rings is 2. The quantitative estimate of drug-likeness (QED) is 0.229. The Morgan fingerprint density at radius 1 is 1.03 bits per heavy atom. The number of rotatable bonds is 3. The van der Waals surface area contributed by atoms with Gasteiger partial charge in [-0.3, -0.25) is 0 Å². The maximum Gasteiger partial charge on any atom is 0.422 e. The first-order valence-electron chi connectivity index (χ1n) is 11.4. The predicted octanol–water partition coefficient (Wildman–Crippen LogP) is 5.35. The number of nitrogens with two attached hydrogens (primary N) is 1. The van der Waals surface area contributed by atoms with Crippen LogP contribution < -0.4 is 15.2 Å². The summed E-state index contributed by atoms with van der Waals surface area (Å²) in [5.74, 6) is -1.46. The van der Waals surface area contributed by atoms with E-state index in [1.54, 1.807) is 0 Å². The van der Waals surface area contributed by atoms with Crippen LogP contribution in [0.3, 0.4) is 0 Å². The SMILES string of the molecule is [C-]#[N+]c1ccc(-c2nc(N3CCC(N)CC3)nc3cc[n+](-c4c(F)cccc4C(F)(F)F)cc23)cc1F. The fourth-order valence-electron chi connectivity index (χ4n) is 4.41. The molecule has 2 N–H and O–H groups in total. The Kier molecular flexibility index (Phi) is 6.21. The number of aromatic nitrogens is 3. The van der Waals surface area contributed by atoms with Crippen molar-refractivity contribution in [1.82, 2.24) is 9.97 Å². The molecule has 1 aliphatic rings. The lowest BCUT2D eigenvalue weighted by Crippen LogP contribution is -2.40. The molecule has 4 aromatic rings. The van der Waals surface area contributed by atoms with Gasteiger partial charge in [-0.1, -0.05) is 18.2 Å². The molecule has 5 rings (SSSR count). The Morgan fingerprint density at radius 2 is 1.78 bits per heavy atom. The highest BCUT2D eigenvalue weighted by molar-refractivity contribution is 5.92. The zero-order chi connectivity index (χ0) is 26.3. The number of alkyl halides is 3. The number of hydrogen-bond donors (Lipinski definition) is 1. The molecule has 3 heterocycles. The molecule has 11 heteroatoms. The predicted molar refractivity (Wildman–Crippen MR) is 127 cm³/mol. The lowest BCUT2D eigenvalue weighted by molar-refractivity contribution is -0.597. The molecule has 2 aromatic heterocycles. The van der Waals surface area contributed by atoms with E-state index in [1.165, 1.54) is 30.6 Å². The molecule has 0 spiro atoms. The molecule has 2 aromatic carbocycles. The highest BCUT2D eigenvalue weighted by atomic mass is 19.4. The molecule has 0 bridgehead atoms. The monoisotopic (exact) mass is 511 g/mol. The van der Waals surface area contributed by atoms with Crippen molar-refractivity contribution in [3.63, 3.8) is 0 Å². The number of pyridine rings is 1. The lowest BCUT2D eigenvalue weighted by Gasteiger charge is -2.30. The maximum atomic E-state index is 14.7. The van der Waals surface area contributed by atoms with E-state index in [-0.39, 0.29) is 22.8 Å². The van der Waals surface area contributed by atoms with E-state index < -0.39 is 29.1 Å². The number of anilines is 1. The number of halogens is 5. The van der Waals surface area contributed by atoms with Crippen LogP contribution in [0.1, 0.15) is 18.4 Å². The van der Waals surface area contributed by atoms with Crippen LogP contribution in [-0.4, -0.2) is 29.1 Å². The first-order valence-corrected chi connectivity index (χ1v) is 11.4. The van der Waals surface area contributed by atoms with Crippen LogP contribution in [0, 0.1) is 18.2 Å². The minimum absolute atomic E-state index is 0.0639. The van der Waals surface area contributed by atoms with Crippen molar-refractivity contribution < 1.29 is 26.5 Å². The van der Waals surface area contributed by atoms with Gasteiger partial charge in [-0.15, -0.1) is 0 Å². The summed E-state index contributed by atoms with van der Waals surface area (Å²) in [5.41, 5.74) is 4.93. The Balaban J connectivity index is 1.74. The average Bonchev–Trinajstić information content (AvgIpc) is 2.87. The van der Waals surface area contributed by atoms with Gasteiger partial charge in [0.05, 0.1) is 23.2 Å². The van der Waals surface area contributed by atoms with E-state index in [0.717, 1.165) is 41.7 Å². The van der Waals surface area contributed by atoms with Gasteiger partial charge < -0.3 is 10.6 Å². The molecule has 0 saturated carbocycles. The van der Waals surface area contributed by atoms with E-state index in [9.17, 15) is 22.0 Å². The molecule has 0 atom stereocenters. The second kappa shape index (κ2) is 9.37. The van der Waals surface area contributed by atoms with Gasteiger partial charge >= 0.3 is 6.18 Å². The van der Waals surface area contributed by atoms with Gasteiger partial charge in [-0.25, -0.2) is 19.2 Å². The van der Waals surface area contributed by atoms with Gasteiger partial charge in [0.2, 0.25) is 11.6 Å². The van der Waals surface area contributed by atoms with Gasteiger partial charge in [0.1, 0.15) is 11.4 Å². The van der Waals surface area contributed by atoms with Crippen LogP contribution >= 0.6 is 0 Å². The molecule has 1 fully saturated rings.